The lowest BCUT2D eigenvalue weighted by Crippen LogP contribution is -2.35. The Morgan fingerprint density at radius 2 is 1.79 bits per heavy atom. The summed E-state index contributed by atoms with van der Waals surface area (Å²) in [6.07, 6.45) is 18.8. The third-order valence-corrected chi connectivity index (χ3v) is 7.76. The lowest BCUT2D eigenvalue weighted by molar-refractivity contribution is -0.136. The molecule has 0 bridgehead atoms. The molecule has 6 nitrogen and oxygen atoms in total. The highest BCUT2D eigenvalue weighted by Gasteiger charge is 2.22. The Labute approximate surface area is 254 Å². The van der Waals surface area contributed by atoms with Crippen LogP contribution in [0.5, 0.6) is 0 Å². The van der Waals surface area contributed by atoms with Crippen LogP contribution in [-0.4, -0.2) is 42.2 Å². The number of cyclic esters (lactones) is 1. The molecule has 1 heterocycles. The molecule has 0 saturated carbocycles. The van der Waals surface area contributed by atoms with E-state index in [1.807, 2.05) is 79.4 Å². The first-order chi connectivity index (χ1) is 20.4. The van der Waals surface area contributed by atoms with Crippen molar-refractivity contribution in [1.29, 1.82) is 0 Å². The van der Waals surface area contributed by atoms with Crippen molar-refractivity contribution in [2.75, 3.05) is 19.8 Å². The minimum atomic E-state index is -0.405. The van der Waals surface area contributed by atoms with Gasteiger partial charge in [0.1, 0.15) is 0 Å². The number of fused-ring (bicyclic) bond motifs is 1. The molecule has 0 fully saturated rings. The van der Waals surface area contributed by atoms with E-state index in [0.717, 1.165) is 42.4 Å². The van der Waals surface area contributed by atoms with Gasteiger partial charge in [-0.3, -0.25) is 4.79 Å². The van der Waals surface area contributed by atoms with E-state index in [-0.39, 0.29) is 18.9 Å². The fraction of sp³-hybridized carbons (Fsp3) is 0.343. The summed E-state index contributed by atoms with van der Waals surface area (Å²) < 4.78 is 5.58. The Bertz CT molecular complexity index is 1410. The number of halogens is 1. The van der Waals surface area contributed by atoms with Crippen LogP contribution >= 0.6 is 11.6 Å². The Morgan fingerprint density at radius 3 is 2.57 bits per heavy atom. The van der Waals surface area contributed by atoms with E-state index in [2.05, 4.69) is 23.4 Å². The second-order valence-electron chi connectivity index (χ2n) is 10.6. The molecule has 42 heavy (non-hydrogen) atoms. The number of nitrogens with zero attached hydrogens (tertiary/aromatic N) is 2. The van der Waals surface area contributed by atoms with Gasteiger partial charge in [-0.2, -0.15) is 0 Å². The molecular weight excluding hydrogens is 548 g/mol. The van der Waals surface area contributed by atoms with Gasteiger partial charge in [0, 0.05) is 24.5 Å². The van der Waals surface area contributed by atoms with Crippen LogP contribution in [0.4, 0.5) is 0 Å². The van der Waals surface area contributed by atoms with Crippen molar-refractivity contribution in [3.05, 3.63) is 117 Å². The maximum absolute atomic E-state index is 13.4. The highest BCUT2D eigenvalue weighted by molar-refractivity contribution is 6.33. The number of carbonyl (C=O) groups excluding carboxylic acids is 2. The zero-order valence-corrected chi connectivity index (χ0v) is 25.2. The first kappa shape index (κ1) is 31.0. The summed E-state index contributed by atoms with van der Waals surface area (Å²) in [5, 5.41) is 4.88. The van der Waals surface area contributed by atoms with Crippen LogP contribution in [0, 0.1) is 13.8 Å². The number of hydrogen-bond acceptors (Lipinski definition) is 5. The molecule has 1 aliphatic carbocycles. The number of benzene rings is 2. The largest absolute Gasteiger partial charge is 0.462 e. The minimum absolute atomic E-state index is 0.151. The molecule has 0 unspecified atom stereocenters. The van der Waals surface area contributed by atoms with Crippen molar-refractivity contribution in [2.24, 2.45) is 5.16 Å². The van der Waals surface area contributed by atoms with Gasteiger partial charge in [0.2, 0.25) is 0 Å². The number of esters is 1. The smallest absolute Gasteiger partial charge is 0.338 e. The topological polar surface area (TPSA) is 68.2 Å². The van der Waals surface area contributed by atoms with Crippen molar-refractivity contribution in [2.45, 2.75) is 58.9 Å². The van der Waals surface area contributed by atoms with Crippen LogP contribution in [0.3, 0.4) is 0 Å². The summed E-state index contributed by atoms with van der Waals surface area (Å²) in [6.45, 7) is 4.91. The third-order valence-electron chi connectivity index (χ3n) is 7.23. The molecule has 1 amide bonds. The molecule has 0 spiro atoms. The van der Waals surface area contributed by atoms with E-state index in [4.69, 9.17) is 21.2 Å². The number of carbonyl (C=O) groups is 2. The molecule has 7 heteroatoms. The number of allylic oxidation sites excluding steroid dienone is 6. The van der Waals surface area contributed by atoms with Crippen molar-refractivity contribution >= 4 is 29.2 Å². The van der Waals surface area contributed by atoms with Crippen molar-refractivity contribution < 1.29 is 19.2 Å². The summed E-state index contributed by atoms with van der Waals surface area (Å²) >= 11 is 6.75. The second-order valence-corrected chi connectivity index (χ2v) is 11.0. The standard InChI is InChI=1S/C35H39ClN2O4/c1-26-21-27(2)34(36)31-22-30(19-13-5-3-4-6-14-20-41-35(40)33(26)31)37-42-25-32(39)38(23-28-15-9-7-10-16-28)24-29-17-11-8-12-18-29/h4,6-11,13,15-17,19,21H,3,5,12,14,18,20,22-25H2,1-2H3/b6-4+,19-13+,37-30+. The van der Waals surface area contributed by atoms with Gasteiger partial charge in [0.05, 0.1) is 17.9 Å². The quantitative estimate of drug-likeness (QED) is 0.190. The molecule has 1 aliphatic heterocycles. The Balaban J connectivity index is 1.56. The predicted octanol–water partition coefficient (Wildman–Crippen LogP) is 7.63. The highest BCUT2D eigenvalue weighted by Crippen LogP contribution is 2.29. The van der Waals surface area contributed by atoms with Crippen LogP contribution in [0.25, 0.3) is 0 Å². The van der Waals surface area contributed by atoms with Crippen LogP contribution in [0.1, 0.15) is 64.7 Å². The number of ether oxygens (including phenoxy) is 1. The van der Waals surface area contributed by atoms with Crippen molar-refractivity contribution in [3.8, 4) is 0 Å². The minimum Gasteiger partial charge on any atom is -0.462 e. The molecule has 0 N–H and O–H groups in total. The summed E-state index contributed by atoms with van der Waals surface area (Å²) in [6, 6.07) is 11.8. The van der Waals surface area contributed by atoms with Gasteiger partial charge in [-0.25, -0.2) is 4.79 Å². The molecular formula is C35H39ClN2O4. The van der Waals surface area contributed by atoms with Crippen molar-refractivity contribution in [3.63, 3.8) is 0 Å². The summed E-state index contributed by atoms with van der Waals surface area (Å²) in [7, 11) is 0. The van der Waals surface area contributed by atoms with Gasteiger partial charge in [0.25, 0.3) is 5.91 Å². The summed E-state index contributed by atoms with van der Waals surface area (Å²) in [5.74, 6) is -0.555. The molecule has 0 atom stereocenters. The number of amides is 1. The number of aryl methyl sites for hydroxylation is 2. The Morgan fingerprint density at radius 1 is 1.00 bits per heavy atom. The first-order valence-electron chi connectivity index (χ1n) is 14.5. The maximum atomic E-state index is 13.4. The monoisotopic (exact) mass is 586 g/mol. The number of oxime groups is 1. The van der Waals surface area contributed by atoms with Crippen LogP contribution in [0.2, 0.25) is 5.02 Å². The average Bonchev–Trinajstić information content (AvgIpc) is 2.99. The first-order valence-corrected chi connectivity index (χ1v) is 14.9. The van der Waals surface area contributed by atoms with Gasteiger partial charge in [-0.1, -0.05) is 95.2 Å². The average molecular weight is 587 g/mol. The van der Waals surface area contributed by atoms with E-state index in [1.54, 1.807) is 0 Å². The molecule has 0 radical (unpaired) electrons. The second kappa shape index (κ2) is 15.9. The van der Waals surface area contributed by atoms with Gasteiger partial charge in [0.15, 0.2) is 6.61 Å². The van der Waals surface area contributed by atoms with Gasteiger partial charge >= 0.3 is 5.97 Å². The predicted molar refractivity (Wildman–Crippen MR) is 169 cm³/mol. The van der Waals surface area contributed by atoms with E-state index < -0.39 is 5.97 Å². The molecule has 2 aromatic rings. The lowest BCUT2D eigenvalue weighted by atomic mass is 9.94. The highest BCUT2D eigenvalue weighted by atomic mass is 35.5. The van der Waals surface area contributed by atoms with E-state index in [1.165, 1.54) is 5.57 Å². The fourth-order valence-electron chi connectivity index (χ4n) is 5.07. The summed E-state index contributed by atoms with van der Waals surface area (Å²) in [4.78, 5) is 34.0. The summed E-state index contributed by atoms with van der Waals surface area (Å²) in [5.41, 5.74) is 5.59. The fourth-order valence-corrected chi connectivity index (χ4v) is 5.28. The Hall–Kier alpha value is -3.90. The van der Waals surface area contributed by atoms with Gasteiger partial charge in [-0.15, -0.1) is 0 Å². The molecule has 0 saturated heterocycles. The maximum Gasteiger partial charge on any atom is 0.338 e. The van der Waals surface area contributed by atoms with E-state index in [0.29, 0.717) is 48.0 Å². The number of rotatable bonds is 7. The third kappa shape index (κ3) is 9.05. The molecule has 0 aromatic heterocycles. The Kier molecular flexibility index (Phi) is 11.8. The normalized spacial score (nSPS) is 18.3. The zero-order valence-electron chi connectivity index (χ0n) is 24.5. The van der Waals surface area contributed by atoms with Gasteiger partial charge in [-0.05, 0) is 74.3 Å². The molecule has 2 aromatic carbocycles. The van der Waals surface area contributed by atoms with E-state index >= 15 is 0 Å². The molecule has 2 aliphatic rings. The van der Waals surface area contributed by atoms with Crippen LogP contribution in [0.15, 0.2) is 89.7 Å². The SMILES string of the molecule is Cc1cc(C)c2c(c1Cl)CC(=N/OCC(=O)N(CC1=CC=CCC1)Cc1ccccc1)/C=C/CC/C=C/CCOC2=O. The zero-order chi connectivity index (χ0) is 29.7. The number of hydrogen-bond donors (Lipinski definition) is 0. The van der Waals surface area contributed by atoms with Crippen molar-refractivity contribution in [1.82, 2.24) is 4.90 Å². The molecule has 4 rings (SSSR count). The van der Waals surface area contributed by atoms with E-state index in [9.17, 15) is 9.59 Å². The van der Waals surface area contributed by atoms with Gasteiger partial charge < -0.3 is 14.5 Å². The van der Waals surface area contributed by atoms with Crippen LogP contribution < -0.4 is 0 Å². The lowest BCUT2D eigenvalue weighted by Gasteiger charge is -2.24. The van der Waals surface area contributed by atoms with Crippen LogP contribution in [-0.2, 0) is 27.3 Å². The molecule has 220 valence electrons.